The van der Waals surface area contributed by atoms with Crippen molar-refractivity contribution in [2.24, 2.45) is 5.92 Å². The maximum atomic E-state index is 12.1. The number of carboxylic acid groups (broad SMARTS) is 1. The van der Waals surface area contributed by atoms with Crippen molar-refractivity contribution in [3.8, 4) is 0 Å². The molecule has 0 aliphatic rings. The maximum Gasteiger partial charge on any atom is 0.307 e. The van der Waals surface area contributed by atoms with Crippen LogP contribution in [-0.4, -0.2) is 30.5 Å². The van der Waals surface area contributed by atoms with Crippen molar-refractivity contribution in [2.75, 3.05) is 0 Å². The van der Waals surface area contributed by atoms with Gasteiger partial charge >= 0.3 is 5.97 Å². The molecule has 0 fully saturated rings. The molecule has 20 heavy (non-hydrogen) atoms. The Balaban J connectivity index is 3.13. The summed E-state index contributed by atoms with van der Waals surface area (Å²) in [6, 6.07) is 3.96. The summed E-state index contributed by atoms with van der Waals surface area (Å²) in [5.41, 5.74) is -0.560. The molecule has 0 aromatic heterocycles. The summed E-state index contributed by atoms with van der Waals surface area (Å²) in [4.78, 5) is 20.3. The second-order valence-electron chi connectivity index (χ2n) is 4.26. The molecule has 110 valence electrons. The standard InChI is InChI=1S/C11H14N2O6S/c1-7(11(14)15)8(2)12-20(18,19)10-6-4-3-5-9(10)13(16)17/h3-8,12H,1-2H3,(H,14,15). The third-order valence-corrected chi connectivity index (χ3v) is 4.44. The highest BCUT2D eigenvalue weighted by Crippen LogP contribution is 2.23. The molecule has 0 bridgehead atoms. The SMILES string of the molecule is CC(NS(=O)(=O)c1ccccc1[N+](=O)[O-])C(C)C(=O)O. The van der Waals surface area contributed by atoms with Crippen LogP contribution in [0.3, 0.4) is 0 Å². The first-order valence-electron chi connectivity index (χ1n) is 5.65. The molecule has 0 radical (unpaired) electrons. The van der Waals surface area contributed by atoms with E-state index in [1.165, 1.54) is 26.0 Å². The highest BCUT2D eigenvalue weighted by molar-refractivity contribution is 7.89. The molecule has 2 N–H and O–H groups in total. The number of carbonyl (C=O) groups is 1. The van der Waals surface area contributed by atoms with Gasteiger partial charge in [-0.05, 0) is 13.0 Å². The molecular formula is C11H14N2O6S. The number of hydrogen-bond donors (Lipinski definition) is 2. The average Bonchev–Trinajstić information content (AvgIpc) is 2.37. The van der Waals surface area contributed by atoms with Crippen molar-refractivity contribution in [1.29, 1.82) is 0 Å². The van der Waals surface area contributed by atoms with Crippen LogP contribution in [0, 0.1) is 16.0 Å². The predicted octanol–water partition coefficient (Wildman–Crippen LogP) is 0.982. The Labute approximate surface area is 115 Å². The fourth-order valence-electron chi connectivity index (χ4n) is 1.46. The topological polar surface area (TPSA) is 127 Å². The van der Waals surface area contributed by atoms with Crippen molar-refractivity contribution in [3.05, 3.63) is 34.4 Å². The largest absolute Gasteiger partial charge is 0.481 e. The summed E-state index contributed by atoms with van der Waals surface area (Å²) in [7, 11) is -4.17. The summed E-state index contributed by atoms with van der Waals surface area (Å²) in [5.74, 6) is -2.13. The summed E-state index contributed by atoms with van der Waals surface area (Å²) in [5, 5.41) is 19.6. The first-order chi connectivity index (χ1) is 9.16. The van der Waals surface area contributed by atoms with Crippen LogP contribution in [-0.2, 0) is 14.8 Å². The van der Waals surface area contributed by atoms with E-state index in [0.29, 0.717) is 0 Å². The molecule has 0 amide bonds. The number of benzene rings is 1. The number of nitrogens with one attached hydrogen (secondary N) is 1. The van der Waals surface area contributed by atoms with Crippen molar-refractivity contribution >= 4 is 21.7 Å². The van der Waals surface area contributed by atoms with Crippen LogP contribution < -0.4 is 4.72 Å². The first kappa shape index (κ1) is 16.1. The van der Waals surface area contributed by atoms with E-state index in [1.807, 2.05) is 0 Å². The number of carboxylic acids is 1. The van der Waals surface area contributed by atoms with Crippen LogP contribution in [0.15, 0.2) is 29.2 Å². The molecule has 0 heterocycles. The van der Waals surface area contributed by atoms with Gasteiger partial charge in [0.25, 0.3) is 5.69 Å². The van der Waals surface area contributed by atoms with Gasteiger partial charge < -0.3 is 5.11 Å². The summed E-state index contributed by atoms with van der Waals surface area (Å²) in [6.07, 6.45) is 0. The Morgan fingerprint density at radius 1 is 1.35 bits per heavy atom. The predicted molar refractivity (Wildman–Crippen MR) is 69.7 cm³/mol. The Morgan fingerprint density at radius 2 is 1.90 bits per heavy atom. The number of nitro groups is 1. The Morgan fingerprint density at radius 3 is 2.40 bits per heavy atom. The number of para-hydroxylation sites is 1. The van der Waals surface area contributed by atoms with Gasteiger partial charge in [-0.2, -0.15) is 0 Å². The molecule has 0 saturated heterocycles. The van der Waals surface area contributed by atoms with Crippen LogP contribution in [0.1, 0.15) is 13.8 Å². The lowest BCUT2D eigenvalue weighted by Crippen LogP contribution is -2.40. The molecule has 0 aliphatic carbocycles. The number of nitro benzene ring substituents is 1. The fourth-order valence-corrected chi connectivity index (χ4v) is 2.96. The summed E-state index contributed by atoms with van der Waals surface area (Å²) >= 11 is 0. The Kier molecular flexibility index (Phi) is 4.79. The fraction of sp³-hybridized carbons (Fsp3) is 0.364. The lowest BCUT2D eigenvalue weighted by Gasteiger charge is -2.17. The molecule has 9 heteroatoms. The second kappa shape index (κ2) is 5.97. The van der Waals surface area contributed by atoms with Gasteiger partial charge in [-0.25, -0.2) is 13.1 Å². The molecule has 2 unspecified atom stereocenters. The minimum absolute atomic E-state index is 0.491. The zero-order chi connectivity index (χ0) is 15.5. The minimum Gasteiger partial charge on any atom is -0.481 e. The van der Waals surface area contributed by atoms with E-state index in [4.69, 9.17) is 5.11 Å². The lowest BCUT2D eigenvalue weighted by molar-refractivity contribution is -0.387. The van der Waals surface area contributed by atoms with Crippen molar-refractivity contribution in [3.63, 3.8) is 0 Å². The molecule has 1 aromatic rings. The number of sulfonamides is 1. The summed E-state index contributed by atoms with van der Waals surface area (Å²) in [6.45, 7) is 2.72. The number of rotatable bonds is 6. The van der Waals surface area contributed by atoms with Gasteiger partial charge in [-0.15, -0.1) is 0 Å². The van der Waals surface area contributed by atoms with E-state index in [9.17, 15) is 23.3 Å². The molecular weight excluding hydrogens is 288 g/mol. The zero-order valence-corrected chi connectivity index (χ0v) is 11.6. The van der Waals surface area contributed by atoms with E-state index in [2.05, 4.69) is 4.72 Å². The van der Waals surface area contributed by atoms with Gasteiger partial charge in [-0.1, -0.05) is 19.1 Å². The second-order valence-corrected chi connectivity index (χ2v) is 5.94. The molecule has 0 saturated carbocycles. The quantitative estimate of drug-likeness (QED) is 0.595. The number of hydrogen-bond acceptors (Lipinski definition) is 5. The number of aliphatic carboxylic acids is 1. The first-order valence-corrected chi connectivity index (χ1v) is 7.13. The maximum absolute atomic E-state index is 12.1. The van der Waals surface area contributed by atoms with E-state index in [1.54, 1.807) is 0 Å². The zero-order valence-electron chi connectivity index (χ0n) is 10.8. The van der Waals surface area contributed by atoms with Gasteiger partial charge in [0.15, 0.2) is 4.90 Å². The van der Waals surface area contributed by atoms with Crippen molar-refractivity contribution in [2.45, 2.75) is 24.8 Å². The van der Waals surface area contributed by atoms with Crippen LogP contribution in [0.5, 0.6) is 0 Å². The normalized spacial score (nSPS) is 14.5. The molecule has 0 spiro atoms. The molecule has 1 aromatic carbocycles. The van der Waals surface area contributed by atoms with Crippen molar-refractivity contribution in [1.82, 2.24) is 4.72 Å². The van der Waals surface area contributed by atoms with E-state index >= 15 is 0 Å². The monoisotopic (exact) mass is 302 g/mol. The number of nitrogens with zero attached hydrogens (tertiary/aromatic N) is 1. The molecule has 8 nitrogen and oxygen atoms in total. The molecule has 0 aliphatic heterocycles. The highest BCUT2D eigenvalue weighted by Gasteiger charge is 2.29. The Bertz CT molecular complexity index is 628. The van der Waals surface area contributed by atoms with Gasteiger partial charge in [0.2, 0.25) is 10.0 Å². The van der Waals surface area contributed by atoms with E-state index in [-0.39, 0.29) is 0 Å². The van der Waals surface area contributed by atoms with Gasteiger partial charge in [0, 0.05) is 12.1 Å². The van der Waals surface area contributed by atoms with E-state index in [0.717, 1.165) is 12.1 Å². The third-order valence-electron chi connectivity index (χ3n) is 2.83. The van der Waals surface area contributed by atoms with Gasteiger partial charge in [0.1, 0.15) is 0 Å². The lowest BCUT2D eigenvalue weighted by atomic mass is 10.1. The van der Waals surface area contributed by atoms with Crippen LogP contribution in [0.2, 0.25) is 0 Å². The van der Waals surface area contributed by atoms with Crippen LogP contribution in [0.25, 0.3) is 0 Å². The Hall–Kier alpha value is -2.00. The smallest absolute Gasteiger partial charge is 0.307 e. The molecule has 1 rings (SSSR count). The highest BCUT2D eigenvalue weighted by atomic mass is 32.2. The van der Waals surface area contributed by atoms with Gasteiger partial charge in [-0.3, -0.25) is 14.9 Å². The summed E-state index contributed by atoms with van der Waals surface area (Å²) < 4.78 is 26.3. The molecule has 2 atom stereocenters. The average molecular weight is 302 g/mol. The van der Waals surface area contributed by atoms with Gasteiger partial charge in [0.05, 0.1) is 10.8 Å². The minimum atomic E-state index is -4.17. The van der Waals surface area contributed by atoms with Crippen LogP contribution in [0.4, 0.5) is 5.69 Å². The van der Waals surface area contributed by atoms with Crippen molar-refractivity contribution < 1.29 is 23.2 Å². The van der Waals surface area contributed by atoms with Crippen LogP contribution >= 0.6 is 0 Å². The third kappa shape index (κ3) is 3.52. The van der Waals surface area contributed by atoms with E-state index < -0.39 is 43.5 Å².